The molecule has 0 aliphatic rings. The highest BCUT2D eigenvalue weighted by molar-refractivity contribution is 6.04. The van der Waals surface area contributed by atoms with Crippen molar-refractivity contribution < 1.29 is 8.83 Å². The van der Waals surface area contributed by atoms with Gasteiger partial charge in [0.25, 0.3) is 0 Å². The Balaban J connectivity index is 0.975. The predicted octanol–water partition coefficient (Wildman–Crippen LogP) is 16.5. The molecule has 4 heteroatoms. The molecule has 2 aromatic heterocycles. The van der Waals surface area contributed by atoms with Crippen molar-refractivity contribution in [2.24, 2.45) is 0 Å². The maximum absolute atomic E-state index is 6.62. The number of nitrogens with zero attached hydrogens (tertiary/aromatic N) is 2. The highest BCUT2D eigenvalue weighted by Crippen LogP contribution is 2.43. The van der Waals surface area contributed by atoms with Crippen LogP contribution in [-0.2, 0) is 0 Å². The third kappa shape index (κ3) is 6.51. The second-order valence-electron chi connectivity index (χ2n) is 16.2. The number of anilines is 6. The third-order valence-electron chi connectivity index (χ3n) is 12.0. The average molecular weight is 779 g/mol. The second kappa shape index (κ2) is 14.8. The van der Waals surface area contributed by atoms with Crippen molar-refractivity contribution in [2.75, 3.05) is 9.80 Å². The Bertz CT molecular complexity index is 2880. The maximum Gasteiger partial charge on any atom is 0.135 e. The molecule has 10 rings (SSSR count). The van der Waals surface area contributed by atoms with Gasteiger partial charge in [-0.05, 0) is 183 Å². The summed E-state index contributed by atoms with van der Waals surface area (Å²) in [5.74, 6) is 1.71. The zero-order valence-electron chi connectivity index (χ0n) is 34.9. The van der Waals surface area contributed by atoms with Crippen molar-refractivity contribution in [3.8, 4) is 22.6 Å². The molecule has 0 unspecified atom stereocenters. The summed E-state index contributed by atoms with van der Waals surface area (Å²) in [6.45, 7) is 13.0. The summed E-state index contributed by atoms with van der Waals surface area (Å²) in [6, 6.07) is 60.7. The minimum atomic E-state index is 0.857. The normalized spacial score (nSPS) is 11.5. The Hall–Kier alpha value is -7.30. The highest BCUT2D eigenvalue weighted by Gasteiger charge is 2.21. The van der Waals surface area contributed by atoms with E-state index in [1.54, 1.807) is 0 Å². The number of rotatable bonds is 8. The number of benzene rings is 8. The summed E-state index contributed by atoms with van der Waals surface area (Å²) in [5, 5.41) is 4.35. The molecule has 0 atom stereocenters. The van der Waals surface area contributed by atoms with Gasteiger partial charge < -0.3 is 18.6 Å². The van der Waals surface area contributed by atoms with Crippen LogP contribution >= 0.6 is 0 Å². The second-order valence-corrected chi connectivity index (χ2v) is 16.2. The van der Waals surface area contributed by atoms with Gasteiger partial charge in [0.1, 0.15) is 22.7 Å². The molecular formula is C56H46N2O2. The van der Waals surface area contributed by atoms with E-state index in [9.17, 15) is 0 Å². The van der Waals surface area contributed by atoms with Crippen LogP contribution in [0.3, 0.4) is 0 Å². The minimum Gasteiger partial charge on any atom is -0.456 e. The first-order chi connectivity index (χ1) is 29.2. The van der Waals surface area contributed by atoms with Gasteiger partial charge in [-0.1, -0.05) is 72.8 Å². The van der Waals surface area contributed by atoms with Gasteiger partial charge in [0, 0.05) is 56.0 Å². The van der Waals surface area contributed by atoms with Gasteiger partial charge in [-0.3, -0.25) is 0 Å². The summed E-state index contributed by atoms with van der Waals surface area (Å²) in [7, 11) is 0. The summed E-state index contributed by atoms with van der Waals surface area (Å²) < 4.78 is 13.2. The first-order valence-electron chi connectivity index (χ1n) is 20.7. The number of hydrogen-bond donors (Lipinski definition) is 0. The number of hydrogen-bond acceptors (Lipinski definition) is 4. The molecule has 4 nitrogen and oxygen atoms in total. The Morgan fingerprint density at radius 1 is 0.300 bits per heavy atom. The van der Waals surface area contributed by atoms with Crippen molar-refractivity contribution >= 4 is 66.8 Å². The van der Waals surface area contributed by atoms with E-state index >= 15 is 0 Å². The fourth-order valence-corrected chi connectivity index (χ4v) is 8.79. The Morgan fingerprint density at radius 2 is 0.633 bits per heavy atom. The molecule has 0 radical (unpaired) electrons. The van der Waals surface area contributed by atoms with Crippen LogP contribution in [0.5, 0.6) is 0 Å². The lowest BCUT2D eigenvalue weighted by Crippen LogP contribution is -2.12. The van der Waals surface area contributed by atoms with Crippen molar-refractivity contribution in [3.05, 3.63) is 203 Å². The van der Waals surface area contributed by atoms with Gasteiger partial charge in [0.2, 0.25) is 0 Å². The number of furan rings is 2. The van der Waals surface area contributed by atoms with Crippen LogP contribution in [0.1, 0.15) is 33.4 Å². The van der Waals surface area contributed by atoms with Gasteiger partial charge in [0.05, 0.1) is 0 Å². The van der Waals surface area contributed by atoms with Crippen molar-refractivity contribution in [3.63, 3.8) is 0 Å². The van der Waals surface area contributed by atoms with Crippen LogP contribution < -0.4 is 9.80 Å². The molecule has 0 aliphatic carbocycles. The smallest absolute Gasteiger partial charge is 0.135 e. The zero-order chi connectivity index (χ0) is 41.1. The third-order valence-corrected chi connectivity index (χ3v) is 12.0. The van der Waals surface area contributed by atoms with Crippen LogP contribution in [0.4, 0.5) is 34.1 Å². The van der Waals surface area contributed by atoms with E-state index in [0.29, 0.717) is 0 Å². The van der Waals surface area contributed by atoms with E-state index < -0.39 is 0 Å². The molecule has 8 aromatic carbocycles. The minimum absolute atomic E-state index is 0.857. The molecular weight excluding hydrogens is 733 g/mol. The van der Waals surface area contributed by atoms with Crippen molar-refractivity contribution in [1.82, 2.24) is 0 Å². The Morgan fingerprint density at radius 3 is 0.950 bits per heavy atom. The van der Waals surface area contributed by atoms with E-state index in [-0.39, 0.29) is 0 Å². The monoisotopic (exact) mass is 778 g/mol. The summed E-state index contributed by atoms with van der Waals surface area (Å²) in [5.41, 5.74) is 18.0. The molecule has 0 fully saturated rings. The lowest BCUT2D eigenvalue weighted by Gasteiger charge is -2.29. The molecule has 60 heavy (non-hydrogen) atoms. The standard InChI is InChI=1S/C56H46N2O2/c1-35-15-7-11-19-49(35)57(50-20-12-8-16-36(50)2)45-23-25-47(39(5)27-45)55-33-43-29-41-32-54-44(30-42(41)31-53(43)59-55)34-56(60-54)48-26-24-46(28-40(48)6)58(51-21-13-9-17-37(51)3)52-22-14-10-18-38(52)4/h7-34H,1-6H3. The SMILES string of the molecule is Cc1cc(N(c2ccccc2C)c2ccccc2C)ccc1-c1cc2cc3cc4oc(-c5ccc(N(c6ccccc6C)c6ccccc6C)cc5C)cc4cc3cc2o1. The fourth-order valence-electron chi connectivity index (χ4n) is 8.79. The Labute approximate surface area is 351 Å². The summed E-state index contributed by atoms with van der Waals surface area (Å²) in [4.78, 5) is 4.72. The van der Waals surface area contributed by atoms with Gasteiger partial charge in [0.15, 0.2) is 0 Å². The van der Waals surface area contributed by atoms with Crippen LogP contribution in [0, 0.1) is 41.5 Å². The average Bonchev–Trinajstić information content (AvgIpc) is 3.85. The molecule has 0 saturated carbocycles. The first-order valence-corrected chi connectivity index (χ1v) is 20.7. The maximum atomic E-state index is 6.62. The first kappa shape index (κ1) is 37.0. The van der Waals surface area contributed by atoms with Crippen molar-refractivity contribution in [1.29, 1.82) is 0 Å². The van der Waals surface area contributed by atoms with Crippen LogP contribution in [-0.4, -0.2) is 0 Å². The quantitative estimate of drug-likeness (QED) is 0.154. The molecule has 0 spiro atoms. The zero-order valence-corrected chi connectivity index (χ0v) is 34.9. The molecule has 0 bridgehead atoms. The summed E-state index contributed by atoms with van der Waals surface area (Å²) >= 11 is 0. The fraction of sp³-hybridized carbons (Fsp3) is 0.107. The molecule has 0 aliphatic heterocycles. The van der Waals surface area contributed by atoms with Gasteiger partial charge in [-0.25, -0.2) is 0 Å². The molecule has 10 aromatic rings. The van der Waals surface area contributed by atoms with Crippen LogP contribution in [0.25, 0.3) is 55.4 Å². The molecule has 0 saturated heterocycles. The van der Waals surface area contributed by atoms with E-state index in [4.69, 9.17) is 8.83 Å². The lowest BCUT2D eigenvalue weighted by molar-refractivity contribution is 0.630. The lowest BCUT2D eigenvalue weighted by atomic mass is 10.0. The molecule has 0 N–H and O–H groups in total. The van der Waals surface area contributed by atoms with Gasteiger partial charge in [-0.15, -0.1) is 0 Å². The number of para-hydroxylation sites is 4. The Kier molecular flexibility index (Phi) is 9.14. The molecule has 0 amide bonds. The topological polar surface area (TPSA) is 32.8 Å². The largest absolute Gasteiger partial charge is 0.456 e. The van der Waals surface area contributed by atoms with Crippen molar-refractivity contribution in [2.45, 2.75) is 41.5 Å². The van der Waals surface area contributed by atoms with Crippen LogP contribution in [0.15, 0.2) is 179 Å². The van der Waals surface area contributed by atoms with Gasteiger partial charge in [-0.2, -0.15) is 0 Å². The van der Waals surface area contributed by atoms with E-state index in [2.05, 4.69) is 221 Å². The summed E-state index contributed by atoms with van der Waals surface area (Å²) in [6.07, 6.45) is 0. The highest BCUT2D eigenvalue weighted by atomic mass is 16.3. The van der Waals surface area contributed by atoms with E-state index in [0.717, 1.165) is 77.9 Å². The van der Waals surface area contributed by atoms with E-state index in [1.807, 2.05) is 0 Å². The van der Waals surface area contributed by atoms with Crippen LogP contribution in [0.2, 0.25) is 0 Å². The van der Waals surface area contributed by atoms with Gasteiger partial charge >= 0.3 is 0 Å². The van der Waals surface area contributed by atoms with E-state index in [1.165, 1.54) is 45.0 Å². The molecule has 2 heterocycles. The number of aryl methyl sites for hydroxylation is 6. The number of fused-ring (bicyclic) bond motifs is 3. The predicted molar refractivity (Wildman–Crippen MR) is 252 cm³/mol. The molecule has 292 valence electrons.